The van der Waals surface area contributed by atoms with E-state index in [1.165, 1.54) is 6.33 Å². The quantitative estimate of drug-likeness (QED) is 0.763. The van der Waals surface area contributed by atoms with E-state index in [9.17, 15) is 15.0 Å². The van der Waals surface area contributed by atoms with Gasteiger partial charge in [0.25, 0.3) is 5.91 Å². The van der Waals surface area contributed by atoms with E-state index in [-0.39, 0.29) is 19.1 Å². The van der Waals surface area contributed by atoms with Gasteiger partial charge >= 0.3 is 0 Å². The average Bonchev–Trinajstić information content (AvgIpc) is 3.09. The van der Waals surface area contributed by atoms with Crippen molar-refractivity contribution in [3.63, 3.8) is 0 Å². The Hall–Kier alpha value is -2.25. The van der Waals surface area contributed by atoms with Crippen molar-refractivity contribution in [3.8, 4) is 11.4 Å². The van der Waals surface area contributed by atoms with Crippen molar-refractivity contribution in [1.82, 2.24) is 20.1 Å². The van der Waals surface area contributed by atoms with Gasteiger partial charge in [0.15, 0.2) is 5.82 Å². The molecule has 0 unspecified atom stereocenters. The number of likely N-dealkylation sites (tertiary alicyclic amines) is 1. The van der Waals surface area contributed by atoms with Gasteiger partial charge < -0.3 is 15.1 Å². The zero-order chi connectivity index (χ0) is 15.6. The molecule has 3 rings (SSSR count). The van der Waals surface area contributed by atoms with E-state index < -0.39 is 5.60 Å². The summed E-state index contributed by atoms with van der Waals surface area (Å²) in [6.07, 6.45) is 2.62. The number of benzene rings is 1. The summed E-state index contributed by atoms with van der Waals surface area (Å²) in [6, 6.07) is 7.06. The summed E-state index contributed by atoms with van der Waals surface area (Å²) >= 11 is 0. The molecule has 7 nitrogen and oxygen atoms in total. The summed E-state index contributed by atoms with van der Waals surface area (Å²) in [6.45, 7) is 0.415. The number of β-amino-alcohol motifs (C(OH)–C–C–N with tert-alkyl or cyclic N) is 1. The van der Waals surface area contributed by atoms with E-state index in [0.717, 1.165) is 5.56 Å². The number of rotatable bonds is 3. The van der Waals surface area contributed by atoms with Crippen molar-refractivity contribution in [2.75, 3.05) is 19.7 Å². The average molecular weight is 302 g/mol. The smallest absolute Gasteiger partial charge is 0.253 e. The van der Waals surface area contributed by atoms with Crippen LogP contribution in [0.4, 0.5) is 0 Å². The van der Waals surface area contributed by atoms with Crippen LogP contribution in [0, 0.1) is 0 Å². The van der Waals surface area contributed by atoms with Gasteiger partial charge in [-0.2, -0.15) is 5.10 Å². The minimum Gasteiger partial charge on any atom is -0.393 e. The third-order valence-corrected chi connectivity index (χ3v) is 3.96. The number of aliphatic hydroxyl groups excluding tert-OH is 1. The Morgan fingerprint density at radius 2 is 2.14 bits per heavy atom. The Morgan fingerprint density at radius 1 is 1.36 bits per heavy atom. The number of H-pyrrole nitrogens is 1. The molecular weight excluding hydrogens is 284 g/mol. The van der Waals surface area contributed by atoms with Gasteiger partial charge in [-0.3, -0.25) is 9.89 Å². The van der Waals surface area contributed by atoms with E-state index in [2.05, 4.69) is 15.2 Å². The number of hydrogen-bond donors (Lipinski definition) is 3. The number of aromatic amines is 1. The minimum absolute atomic E-state index is 0.143. The second-order valence-corrected chi connectivity index (χ2v) is 5.62. The molecule has 22 heavy (non-hydrogen) atoms. The second kappa shape index (κ2) is 5.86. The van der Waals surface area contributed by atoms with Crippen molar-refractivity contribution >= 4 is 5.91 Å². The normalized spacial score (nSPS) is 21.8. The van der Waals surface area contributed by atoms with Crippen LogP contribution in [0.15, 0.2) is 30.6 Å². The number of carbonyl (C=O) groups excluding carboxylic acids is 1. The first kappa shape index (κ1) is 14.7. The monoisotopic (exact) mass is 302 g/mol. The first-order chi connectivity index (χ1) is 10.6. The Morgan fingerprint density at radius 3 is 2.77 bits per heavy atom. The van der Waals surface area contributed by atoms with Crippen LogP contribution in [0.2, 0.25) is 0 Å². The second-order valence-electron chi connectivity index (χ2n) is 5.62. The van der Waals surface area contributed by atoms with E-state index >= 15 is 0 Å². The third-order valence-electron chi connectivity index (χ3n) is 3.96. The molecular formula is C15H18N4O3. The number of aromatic nitrogens is 3. The van der Waals surface area contributed by atoms with Crippen molar-refractivity contribution in [3.05, 3.63) is 36.2 Å². The van der Waals surface area contributed by atoms with Gasteiger partial charge in [-0.25, -0.2) is 4.98 Å². The summed E-state index contributed by atoms with van der Waals surface area (Å²) in [4.78, 5) is 18.1. The fourth-order valence-corrected chi connectivity index (χ4v) is 2.71. The molecule has 2 heterocycles. The highest BCUT2D eigenvalue weighted by Crippen LogP contribution is 2.23. The molecule has 1 fully saturated rings. The van der Waals surface area contributed by atoms with Crippen LogP contribution in [0.25, 0.3) is 11.4 Å². The molecule has 0 saturated carbocycles. The lowest BCUT2D eigenvalue weighted by Gasteiger charge is -2.38. The highest BCUT2D eigenvalue weighted by molar-refractivity contribution is 5.94. The first-order valence-electron chi connectivity index (χ1n) is 7.20. The first-order valence-corrected chi connectivity index (χ1v) is 7.20. The molecule has 1 aliphatic rings. The maximum Gasteiger partial charge on any atom is 0.253 e. The fourth-order valence-electron chi connectivity index (χ4n) is 2.71. The van der Waals surface area contributed by atoms with Crippen LogP contribution < -0.4 is 0 Å². The van der Waals surface area contributed by atoms with Crippen molar-refractivity contribution in [1.29, 1.82) is 0 Å². The van der Waals surface area contributed by atoms with Crippen LogP contribution in [-0.4, -0.2) is 61.5 Å². The number of amides is 1. The lowest BCUT2D eigenvalue weighted by atomic mass is 9.93. The third kappa shape index (κ3) is 2.86. The van der Waals surface area contributed by atoms with Gasteiger partial charge in [0.05, 0.1) is 13.2 Å². The number of piperidine rings is 1. The highest BCUT2D eigenvalue weighted by atomic mass is 16.3. The van der Waals surface area contributed by atoms with Crippen LogP contribution in [0.5, 0.6) is 0 Å². The van der Waals surface area contributed by atoms with Crippen LogP contribution in [-0.2, 0) is 0 Å². The molecule has 0 bridgehead atoms. The summed E-state index contributed by atoms with van der Waals surface area (Å²) in [7, 11) is 0. The van der Waals surface area contributed by atoms with E-state index in [1.807, 2.05) is 0 Å². The van der Waals surface area contributed by atoms with Gasteiger partial charge in [0, 0.05) is 17.7 Å². The van der Waals surface area contributed by atoms with Crippen molar-refractivity contribution in [2.24, 2.45) is 0 Å². The molecule has 1 amide bonds. The molecule has 0 aliphatic carbocycles. The number of aliphatic hydroxyl groups is 2. The predicted molar refractivity (Wildman–Crippen MR) is 79.0 cm³/mol. The zero-order valence-electron chi connectivity index (χ0n) is 12.1. The Labute approximate surface area is 127 Å². The lowest BCUT2D eigenvalue weighted by Crippen LogP contribution is -2.52. The van der Waals surface area contributed by atoms with Crippen LogP contribution >= 0.6 is 0 Å². The van der Waals surface area contributed by atoms with E-state index in [4.69, 9.17) is 0 Å². The minimum atomic E-state index is -1.19. The summed E-state index contributed by atoms with van der Waals surface area (Å²) < 4.78 is 0. The molecule has 7 heteroatoms. The zero-order valence-corrected chi connectivity index (χ0v) is 12.1. The van der Waals surface area contributed by atoms with Gasteiger partial charge in [0.1, 0.15) is 11.9 Å². The molecule has 1 aliphatic heterocycles. The number of carbonyl (C=O) groups is 1. The molecule has 0 radical (unpaired) electrons. The number of nitrogens with zero attached hydrogens (tertiary/aromatic N) is 3. The maximum absolute atomic E-state index is 12.5. The molecule has 116 valence electrons. The van der Waals surface area contributed by atoms with Crippen LogP contribution in [0.3, 0.4) is 0 Å². The van der Waals surface area contributed by atoms with Gasteiger partial charge in [-0.1, -0.05) is 12.1 Å². The molecule has 0 spiro atoms. The molecule has 3 N–H and O–H groups in total. The Kier molecular flexibility index (Phi) is 3.91. The molecule has 1 saturated heterocycles. The standard InChI is InChI=1S/C15H18N4O3/c20-9-15(22)6-1-7-19(8-15)14(21)12-4-2-11(3-5-12)13-16-10-17-18-13/h2-5,10,20,22H,1,6-9H2,(H,16,17,18)/t15-/m0/s1. The summed E-state index contributed by atoms with van der Waals surface area (Å²) in [5, 5.41) is 26.0. The SMILES string of the molecule is O=C(c1ccc(-c2ncn[nH]2)cc1)N1CCC[C@@](O)(CO)C1. The number of hydrogen-bond acceptors (Lipinski definition) is 5. The fraction of sp³-hybridized carbons (Fsp3) is 0.400. The van der Waals surface area contributed by atoms with Crippen molar-refractivity contribution in [2.45, 2.75) is 18.4 Å². The van der Waals surface area contributed by atoms with Crippen LogP contribution in [0.1, 0.15) is 23.2 Å². The van der Waals surface area contributed by atoms with Crippen molar-refractivity contribution < 1.29 is 15.0 Å². The topological polar surface area (TPSA) is 102 Å². The molecule has 2 aromatic rings. The van der Waals surface area contributed by atoms with Gasteiger partial charge in [0.2, 0.25) is 0 Å². The molecule has 1 aromatic heterocycles. The molecule has 1 atom stereocenters. The summed E-state index contributed by atoms with van der Waals surface area (Å²) in [5.74, 6) is 0.502. The van der Waals surface area contributed by atoms with Gasteiger partial charge in [-0.15, -0.1) is 0 Å². The predicted octanol–water partition coefficient (Wildman–Crippen LogP) is 0.431. The highest BCUT2D eigenvalue weighted by Gasteiger charge is 2.34. The Balaban J connectivity index is 1.75. The van der Waals surface area contributed by atoms with E-state index in [0.29, 0.717) is 30.8 Å². The largest absolute Gasteiger partial charge is 0.393 e. The van der Waals surface area contributed by atoms with Gasteiger partial charge in [-0.05, 0) is 25.0 Å². The van der Waals surface area contributed by atoms with E-state index in [1.54, 1.807) is 29.2 Å². The maximum atomic E-state index is 12.5. The summed E-state index contributed by atoms with van der Waals surface area (Å²) in [5.41, 5.74) is 0.207. The lowest BCUT2D eigenvalue weighted by molar-refractivity contribution is -0.0598. The Bertz CT molecular complexity index is 641. The number of nitrogens with one attached hydrogen (secondary N) is 1. The molecule has 1 aromatic carbocycles.